The number of anilines is 2. The zero-order valence-corrected chi connectivity index (χ0v) is 12.4. The van der Waals surface area contributed by atoms with E-state index in [0.717, 1.165) is 32.5 Å². The fraction of sp³-hybridized carbons (Fsp3) is 0.769. The van der Waals surface area contributed by atoms with Crippen LogP contribution in [-0.2, 0) is 0 Å². The van der Waals surface area contributed by atoms with E-state index >= 15 is 0 Å². The zero-order chi connectivity index (χ0) is 14.1. The van der Waals surface area contributed by atoms with Crippen molar-refractivity contribution in [1.82, 2.24) is 15.0 Å². The Kier molecular flexibility index (Phi) is 6.92. The first-order valence-electron chi connectivity index (χ1n) is 7.12. The maximum atomic E-state index is 5.40. The Balaban J connectivity index is 2.94. The van der Waals surface area contributed by atoms with E-state index in [1.54, 1.807) is 0 Å². The molecule has 19 heavy (non-hydrogen) atoms. The van der Waals surface area contributed by atoms with Crippen LogP contribution in [0.1, 0.15) is 40.5 Å². The van der Waals surface area contributed by atoms with Gasteiger partial charge in [-0.05, 0) is 27.2 Å². The van der Waals surface area contributed by atoms with Crippen molar-refractivity contribution in [3.63, 3.8) is 0 Å². The van der Waals surface area contributed by atoms with Crippen LogP contribution < -0.4 is 15.0 Å². The normalized spacial score (nSPS) is 10.3. The van der Waals surface area contributed by atoms with Crippen molar-refractivity contribution in [2.24, 2.45) is 0 Å². The van der Waals surface area contributed by atoms with Crippen LogP contribution in [0.5, 0.6) is 6.01 Å². The van der Waals surface area contributed by atoms with Gasteiger partial charge in [0.1, 0.15) is 0 Å². The van der Waals surface area contributed by atoms with Crippen molar-refractivity contribution in [3.05, 3.63) is 0 Å². The molecule has 1 heterocycles. The van der Waals surface area contributed by atoms with Crippen molar-refractivity contribution in [2.45, 2.75) is 40.5 Å². The predicted octanol–water partition coefficient (Wildman–Crippen LogP) is 2.33. The Morgan fingerprint density at radius 2 is 1.89 bits per heavy atom. The van der Waals surface area contributed by atoms with Gasteiger partial charge in [0.05, 0.1) is 6.61 Å². The molecule has 0 unspecified atom stereocenters. The van der Waals surface area contributed by atoms with Gasteiger partial charge >= 0.3 is 6.01 Å². The molecule has 0 aliphatic carbocycles. The SMILES string of the molecule is CCCCN(CC)c1nc(NCC)nc(OCC)n1. The highest BCUT2D eigenvalue weighted by atomic mass is 16.5. The fourth-order valence-electron chi connectivity index (χ4n) is 1.67. The summed E-state index contributed by atoms with van der Waals surface area (Å²) in [4.78, 5) is 15.2. The van der Waals surface area contributed by atoms with E-state index in [1.807, 2.05) is 13.8 Å². The van der Waals surface area contributed by atoms with Gasteiger partial charge in [0, 0.05) is 19.6 Å². The van der Waals surface area contributed by atoms with Crippen LogP contribution in [0.3, 0.4) is 0 Å². The van der Waals surface area contributed by atoms with Gasteiger partial charge in [-0.15, -0.1) is 0 Å². The minimum Gasteiger partial charge on any atom is -0.464 e. The van der Waals surface area contributed by atoms with Crippen LogP contribution in [0.4, 0.5) is 11.9 Å². The third-order valence-electron chi connectivity index (χ3n) is 2.66. The highest BCUT2D eigenvalue weighted by Crippen LogP contribution is 2.15. The quantitative estimate of drug-likeness (QED) is 0.741. The molecule has 0 aliphatic rings. The number of rotatable bonds is 9. The van der Waals surface area contributed by atoms with Gasteiger partial charge in [-0.2, -0.15) is 15.0 Å². The average molecular weight is 267 g/mol. The summed E-state index contributed by atoms with van der Waals surface area (Å²) in [7, 11) is 0. The number of unbranched alkanes of at least 4 members (excludes halogenated alkanes) is 1. The molecule has 0 radical (unpaired) electrons. The van der Waals surface area contributed by atoms with Gasteiger partial charge in [-0.25, -0.2) is 0 Å². The molecule has 1 aromatic heterocycles. The molecule has 0 aromatic carbocycles. The topological polar surface area (TPSA) is 63.2 Å². The first-order valence-corrected chi connectivity index (χ1v) is 7.12. The molecule has 1 aromatic rings. The largest absolute Gasteiger partial charge is 0.464 e. The molecule has 1 N–H and O–H groups in total. The number of nitrogens with one attached hydrogen (secondary N) is 1. The molecule has 6 nitrogen and oxygen atoms in total. The molecule has 6 heteroatoms. The smallest absolute Gasteiger partial charge is 0.323 e. The van der Waals surface area contributed by atoms with E-state index in [4.69, 9.17) is 4.74 Å². The molecule has 0 amide bonds. The number of aromatic nitrogens is 3. The van der Waals surface area contributed by atoms with Gasteiger partial charge in [-0.3, -0.25) is 0 Å². The Labute approximate surface area is 115 Å². The lowest BCUT2D eigenvalue weighted by atomic mass is 10.3. The van der Waals surface area contributed by atoms with Crippen LogP contribution in [0.25, 0.3) is 0 Å². The van der Waals surface area contributed by atoms with Crippen molar-refractivity contribution in [2.75, 3.05) is 36.5 Å². The predicted molar refractivity (Wildman–Crippen MR) is 78.0 cm³/mol. The van der Waals surface area contributed by atoms with E-state index < -0.39 is 0 Å². The van der Waals surface area contributed by atoms with Crippen LogP contribution in [0, 0.1) is 0 Å². The van der Waals surface area contributed by atoms with E-state index in [0.29, 0.717) is 24.5 Å². The van der Waals surface area contributed by atoms with E-state index in [1.165, 1.54) is 0 Å². The summed E-state index contributed by atoms with van der Waals surface area (Å²) >= 11 is 0. The second-order valence-electron chi connectivity index (χ2n) is 4.14. The lowest BCUT2D eigenvalue weighted by Crippen LogP contribution is -2.26. The molecule has 0 atom stereocenters. The standard InChI is InChI=1S/C13H25N5O/c1-5-9-10-18(7-3)12-15-11(14-6-2)16-13(17-12)19-8-4/h5-10H2,1-4H3,(H,14,15,16,17). The summed E-state index contributed by atoms with van der Waals surface area (Å²) in [6.07, 6.45) is 2.28. The highest BCUT2D eigenvalue weighted by Gasteiger charge is 2.12. The van der Waals surface area contributed by atoms with Gasteiger partial charge in [0.25, 0.3) is 0 Å². The maximum Gasteiger partial charge on any atom is 0.323 e. The minimum atomic E-state index is 0.387. The number of ether oxygens (including phenoxy) is 1. The Bertz CT molecular complexity index is 348. The van der Waals surface area contributed by atoms with Crippen molar-refractivity contribution in [1.29, 1.82) is 0 Å². The summed E-state index contributed by atoms with van der Waals surface area (Å²) in [5.74, 6) is 1.26. The fourth-order valence-corrected chi connectivity index (χ4v) is 1.67. The molecule has 1 rings (SSSR count). The average Bonchev–Trinajstić information content (AvgIpc) is 2.40. The van der Waals surface area contributed by atoms with E-state index in [9.17, 15) is 0 Å². The van der Waals surface area contributed by atoms with Gasteiger partial charge in [0.15, 0.2) is 0 Å². The summed E-state index contributed by atoms with van der Waals surface area (Å²) in [5, 5.41) is 3.11. The molecule has 0 saturated carbocycles. The van der Waals surface area contributed by atoms with Crippen LogP contribution in [0.15, 0.2) is 0 Å². The van der Waals surface area contributed by atoms with Crippen LogP contribution in [-0.4, -0.2) is 41.2 Å². The molecule has 108 valence electrons. The molecule has 0 bridgehead atoms. The molecular formula is C13H25N5O. The number of hydrogen-bond donors (Lipinski definition) is 1. The Morgan fingerprint density at radius 1 is 1.11 bits per heavy atom. The van der Waals surface area contributed by atoms with Crippen molar-refractivity contribution >= 4 is 11.9 Å². The van der Waals surface area contributed by atoms with Crippen molar-refractivity contribution < 1.29 is 4.74 Å². The van der Waals surface area contributed by atoms with E-state index in [-0.39, 0.29) is 0 Å². The van der Waals surface area contributed by atoms with Crippen molar-refractivity contribution in [3.8, 4) is 6.01 Å². The van der Waals surface area contributed by atoms with Gasteiger partial charge < -0.3 is 15.0 Å². The number of nitrogens with zero attached hydrogens (tertiary/aromatic N) is 4. The maximum absolute atomic E-state index is 5.40. The summed E-state index contributed by atoms with van der Waals surface area (Å²) in [6.45, 7) is 11.4. The molecule has 0 spiro atoms. The molecular weight excluding hydrogens is 242 g/mol. The second kappa shape index (κ2) is 8.50. The Morgan fingerprint density at radius 3 is 2.47 bits per heavy atom. The monoisotopic (exact) mass is 267 g/mol. The second-order valence-corrected chi connectivity index (χ2v) is 4.14. The summed E-state index contributed by atoms with van der Waals surface area (Å²) in [6, 6.07) is 0.387. The first kappa shape index (κ1) is 15.5. The highest BCUT2D eigenvalue weighted by molar-refractivity contribution is 5.38. The van der Waals surface area contributed by atoms with Crippen LogP contribution in [0.2, 0.25) is 0 Å². The van der Waals surface area contributed by atoms with Gasteiger partial charge in [0.2, 0.25) is 11.9 Å². The molecule has 0 saturated heterocycles. The Hall–Kier alpha value is -1.59. The molecule has 0 fully saturated rings. The molecule has 0 aliphatic heterocycles. The lowest BCUT2D eigenvalue weighted by Gasteiger charge is -2.21. The van der Waals surface area contributed by atoms with Crippen LogP contribution >= 0.6 is 0 Å². The number of hydrogen-bond acceptors (Lipinski definition) is 6. The summed E-state index contributed by atoms with van der Waals surface area (Å²) < 4.78 is 5.40. The minimum absolute atomic E-state index is 0.387. The summed E-state index contributed by atoms with van der Waals surface area (Å²) in [5.41, 5.74) is 0. The van der Waals surface area contributed by atoms with E-state index in [2.05, 4.69) is 39.0 Å². The zero-order valence-electron chi connectivity index (χ0n) is 12.4. The lowest BCUT2D eigenvalue weighted by molar-refractivity contribution is 0.312. The first-order chi connectivity index (χ1) is 9.24. The third-order valence-corrected chi connectivity index (χ3v) is 2.66. The third kappa shape index (κ3) is 4.89. The van der Waals surface area contributed by atoms with Gasteiger partial charge in [-0.1, -0.05) is 13.3 Å².